The fraction of sp³-hybridized carbons (Fsp3) is 0.333. The molecule has 3 atom stereocenters. The van der Waals surface area contributed by atoms with Gasteiger partial charge in [-0.2, -0.15) is 0 Å². The lowest BCUT2D eigenvalue weighted by Crippen LogP contribution is -2.32. The summed E-state index contributed by atoms with van der Waals surface area (Å²) >= 11 is 0. The number of carbonyl (C=O) groups is 1. The first-order valence-electron chi connectivity index (χ1n) is 9.05. The normalized spacial score (nSPS) is 23.2. The number of hydrogen-bond donors (Lipinski definition) is 2. The maximum absolute atomic E-state index is 12.3. The van der Waals surface area contributed by atoms with E-state index in [1.54, 1.807) is 0 Å². The van der Waals surface area contributed by atoms with E-state index in [9.17, 15) is 9.59 Å². The van der Waals surface area contributed by atoms with E-state index in [1.807, 2.05) is 30.3 Å². The van der Waals surface area contributed by atoms with Gasteiger partial charge in [0.15, 0.2) is 5.75 Å². The topological polar surface area (TPSA) is 71.2 Å². The van der Waals surface area contributed by atoms with Crippen LogP contribution in [0.2, 0.25) is 0 Å². The molecule has 2 bridgehead atoms. The second-order valence-corrected chi connectivity index (χ2v) is 7.10. The first kappa shape index (κ1) is 16.6. The van der Waals surface area contributed by atoms with Gasteiger partial charge in [-0.25, -0.2) is 0 Å². The predicted octanol–water partition coefficient (Wildman–Crippen LogP) is 2.90. The van der Waals surface area contributed by atoms with Crippen LogP contribution in [0.1, 0.15) is 28.9 Å². The summed E-state index contributed by atoms with van der Waals surface area (Å²) in [6.45, 7) is 0.964. The third kappa shape index (κ3) is 3.57. The van der Waals surface area contributed by atoms with Gasteiger partial charge in [-0.15, -0.1) is 0 Å². The van der Waals surface area contributed by atoms with Crippen molar-refractivity contribution in [1.29, 1.82) is 0 Å². The zero-order valence-electron chi connectivity index (χ0n) is 14.5. The minimum Gasteiger partial charge on any atom is -0.483 e. The Morgan fingerprint density at radius 3 is 2.73 bits per heavy atom. The van der Waals surface area contributed by atoms with Gasteiger partial charge in [-0.1, -0.05) is 42.5 Å². The van der Waals surface area contributed by atoms with E-state index in [0.717, 1.165) is 12.0 Å². The Bertz CT molecular complexity index is 872. The average molecular weight is 350 g/mol. The quantitative estimate of drug-likeness (QED) is 0.787. The maximum atomic E-state index is 12.3. The number of ether oxygens (including phenoxy) is 1. The molecule has 1 fully saturated rings. The van der Waals surface area contributed by atoms with Gasteiger partial charge in [0.25, 0.3) is 5.91 Å². The standard InChI is InChI=1S/C21H22N2O3/c24-19-10-18(21(25)23-11-17-9-15-6-7-16(17)8-15)22-12-20(19)26-13-14-4-2-1-3-5-14/h1-7,10,12,15-17H,8-9,11,13H2,(H,22,24)(H,23,25)/t15-,16-,17-/m0/s1. The summed E-state index contributed by atoms with van der Waals surface area (Å²) in [5.41, 5.74) is 0.946. The van der Waals surface area contributed by atoms with Gasteiger partial charge in [0.1, 0.15) is 12.3 Å². The number of rotatable bonds is 6. The number of pyridine rings is 1. The molecule has 1 saturated carbocycles. The zero-order valence-corrected chi connectivity index (χ0v) is 14.5. The van der Waals surface area contributed by atoms with Gasteiger partial charge in [0.05, 0.1) is 0 Å². The van der Waals surface area contributed by atoms with Crippen LogP contribution in [0.5, 0.6) is 5.75 Å². The highest BCUT2D eigenvalue weighted by atomic mass is 16.5. The molecule has 1 heterocycles. The second-order valence-electron chi connectivity index (χ2n) is 7.10. The number of hydrogen-bond acceptors (Lipinski definition) is 3. The lowest BCUT2D eigenvalue weighted by molar-refractivity contribution is 0.0940. The first-order chi connectivity index (χ1) is 12.7. The van der Waals surface area contributed by atoms with Crippen molar-refractivity contribution in [2.24, 2.45) is 17.8 Å². The highest BCUT2D eigenvalue weighted by molar-refractivity contribution is 5.92. The van der Waals surface area contributed by atoms with Crippen LogP contribution in [-0.2, 0) is 6.61 Å². The Morgan fingerprint density at radius 1 is 1.19 bits per heavy atom. The summed E-state index contributed by atoms with van der Waals surface area (Å²) in [6, 6.07) is 10.9. The van der Waals surface area contributed by atoms with Gasteiger partial charge in [0.2, 0.25) is 5.43 Å². The molecule has 2 aromatic rings. The first-order valence-corrected chi connectivity index (χ1v) is 9.05. The highest BCUT2D eigenvalue weighted by Gasteiger charge is 2.35. The van der Waals surface area contributed by atoms with Crippen LogP contribution < -0.4 is 15.5 Å². The molecule has 0 radical (unpaired) electrons. The Morgan fingerprint density at radius 2 is 2.04 bits per heavy atom. The summed E-state index contributed by atoms with van der Waals surface area (Å²) in [7, 11) is 0. The molecule has 0 aliphatic heterocycles. The number of fused-ring (bicyclic) bond motifs is 2. The molecule has 0 unspecified atom stereocenters. The zero-order chi connectivity index (χ0) is 17.9. The fourth-order valence-electron chi connectivity index (χ4n) is 3.89. The lowest BCUT2D eigenvalue weighted by atomic mass is 9.93. The molecule has 0 saturated heterocycles. The van der Waals surface area contributed by atoms with Crippen molar-refractivity contribution in [3.8, 4) is 5.75 Å². The number of aromatic nitrogens is 1. The summed E-state index contributed by atoms with van der Waals surface area (Å²) in [5, 5.41) is 2.95. The number of amides is 1. The van der Waals surface area contributed by atoms with Gasteiger partial charge in [-0.3, -0.25) is 9.59 Å². The summed E-state index contributed by atoms with van der Waals surface area (Å²) in [5.74, 6) is 1.75. The fourth-order valence-corrected chi connectivity index (χ4v) is 3.89. The highest BCUT2D eigenvalue weighted by Crippen LogP contribution is 2.42. The monoisotopic (exact) mass is 350 g/mol. The molecular weight excluding hydrogens is 328 g/mol. The SMILES string of the molecule is O=C(NC[C@@H]1C[C@H]2C=C[C@H]1C2)c1cc(=O)c(OCc2ccccc2)c[nH]1. The van der Waals surface area contributed by atoms with Gasteiger partial charge in [-0.05, 0) is 36.2 Å². The summed E-state index contributed by atoms with van der Waals surface area (Å²) in [6.07, 6.45) is 8.37. The third-order valence-corrected chi connectivity index (χ3v) is 5.30. The third-order valence-electron chi connectivity index (χ3n) is 5.30. The largest absolute Gasteiger partial charge is 0.483 e. The molecule has 0 spiro atoms. The van der Waals surface area contributed by atoms with Crippen molar-refractivity contribution >= 4 is 5.91 Å². The molecular formula is C21H22N2O3. The molecule has 5 heteroatoms. The molecule has 1 aromatic heterocycles. The molecule has 1 aromatic carbocycles. The van der Waals surface area contributed by atoms with Crippen LogP contribution >= 0.6 is 0 Å². The lowest BCUT2D eigenvalue weighted by Gasteiger charge is -2.18. The van der Waals surface area contributed by atoms with Crippen molar-refractivity contribution in [3.05, 3.63) is 76.2 Å². The smallest absolute Gasteiger partial charge is 0.267 e. The van der Waals surface area contributed by atoms with E-state index in [2.05, 4.69) is 22.5 Å². The van der Waals surface area contributed by atoms with Crippen molar-refractivity contribution in [2.45, 2.75) is 19.4 Å². The minimum absolute atomic E-state index is 0.212. The van der Waals surface area contributed by atoms with Crippen LogP contribution in [0.4, 0.5) is 0 Å². The van der Waals surface area contributed by atoms with Crippen LogP contribution in [0, 0.1) is 17.8 Å². The Balaban J connectivity index is 1.34. The van der Waals surface area contributed by atoms with Crippen molar-refractivity contribution in [1.82, 2.24) is 10.3 Å². The minimum atomic E-state index is -0.298. The molecule has 2 N–H and O–H groups in total. The maximum Gasteiger partial charge on any atom is 0.267 e. The molecule has 2 aliphatic rings. The Labute approximate surface area is 152 Å². The van der Waals surface area contributed by atoms with E-state index < -0.39 is 0 Å². The van der Waals surface area contributed by atoms with E-state index in [1.165, 1.54) is 18.7 Å². The number of allylic oxidation sites excluding steroid dienone is 2. The Hall–Kier alpha value is -2.82. The Kier molecular flexibility index (Phi) is 4.61. The molecule has 2 aliphatic carbocycles. The van der Waals surface area contributed by atoms with Gasteiger partial charge < -0.3 is 15.0 Å². The van der Waals surface area contributed by atoms with E-state index >= 15 is 0 Å². The number of nitrogens with one attached hydrogen (secondary N) is 2. The second kappa shape index (κ2) is 7.20. The van der Waals surface area contributed by atoms with Crippen LogP contribution in [0.15, 0.2) is 59.5 Å². The van der Waals surface area contributed by atoms with Crippen LogP contribution in [0.25, 0.3) is 0 Å². The number of carbonyl (C=O) groups excluding carboxylic acids is 1. The van der Waals surface area contributed by atoms with Crippen molar-refractivity contribution < 1.29 is 9.53 Å². The number of H-pyrrole nitrogens is 1. The summed E-state index contributed by atoms with van der Waals surface area (Å²) < 4.78 is 5.55. The van der Waals surface area contributed by atoms with E-state index in [4.69, 9.17) is 4.74 Å². The van der Waals surface area contributed by atoms with Crippen molar-refractivity contribution in [2.75, 3.05) is 6.54 Å². The van der Waals surface area contributed by atoms with Crippen molar-refractivity contribution in [3.63, 3.8) is 0 Å². The summed E-state index contributed by atoms with van der Waals surface area (Å²) in [4.78, 5) is 27.4. The number of aromatic amines is 1. The molecule has 1 amide bonds. The molecule has 5 nitrogen and oxygen atoms in total. The van der Waals surface area contributed by atoms with Gasteiger partial charge >= 0.3 is 0 Å². The predicted molar refractivity (Wildman–Crippen MR) is 99.0 cm³/mol. The average Bonchev–Trinajstić information content (AvgIpc) is 3.29. The molecule has 26 heavy (non-hydrogen) atoms. The molecule has 134 valence electrons. The van der Waals surface area contributed by atoms with Gasteiger partial charge in [0, 0.05) is 18.8 Å². The number of benzene rings is 1. The van der Waals surface area contributed by atoms with Crippen LogP contribution in [-0.4, -0.2) is 17.4 Å². The van der Waals surface area contributed by atoms with E-state index in [-0.39, 0.29) is 22.8 Å². The van der Waals surface area contributed by atoms with E-state index in [0.29, 0.717) is 30.9 Å². The molecule has 4 rings (SSSR count). The van der Waals surface area contributed by atoms with Crippen LogP contribution in [0.3, 0.4) is 0 Å².